The third-order valence-electron chi connectivity index (χ3n) is 3.65. The van der Waals surface area contributed by atoms with E-state index in [1.807, 2.05) is 6.92 Å². The number of nitrogen functional groups attached to an aromatic ring is 1. The number of nitrogens with zero attached hydrogens (tertiary/aromatic N) is 2. The van der Waals surface area contributed by atoms with E-state index in [0.717, 1.165) is 18.4 Å². The Balaban J connectivity index is 1.62. The minimum Gasteiger partial charge on any atom is -0.399 e. The molecule has 0 atom stereocenters. The van der Waals surface area contributed by atoms with Gasteiger partial charge >= 0.3 is 0 Å². The lowest BCUT2D eigenvalue weighted by Gasteiger charge is -2.07. The van der Waals surface area contributed by atoms with Crippen molar-refractivity contribution in [2.75, 3.05) is 11.1 Å². The maximum atomic E-state index is 12.3. The lowest BCUT2D eigenvalue weighted by Crippen LogP contribution is -2.29. The van der Waals surface area contributed by atoms with Crippen molar-refractivity contribution >= 4 is 23.2 Å². The summed E-state index contributed by atoms with van der Waals surface area (Å²) in [5, 5.41) is 9.74. The highest BCUT2D eigenvalue weighted by molar-refractivity contribution is 6.05. The quantitative estimate of drug-likeness (QED) is 0.724. The molecule has 0 radical (unpaired) electrons. The number of carbonyl (C=O) groups is 2. The van der Waals surface area contributed by atoms with Crippen LogP contribution in [0.2, 0.25) is 0 Å². The summed E-state index contributed by atoms with van der Waals surface area (Å²) in [4.78, 5) is 24.0. The first-order valence-corrected chi connectivity index (χ1v) is 7.50. The molecule has 1 heterocycles. The number of aromatic nitrogens is 2. The third-order valence-corrected chi connectivity index (χ3v) is 3.65. The van der Waals surface area contributed by atoms with E-state index in [9.17, 15) is 9.59 Å². The van der Waals surface area contributed by atoms with Gasteiger partial charge in [0.15, 0.2) is 0 Å². The molecule has 0 unspecified atom stereocenters. The van der Waals surface area contributed by atoms with Crippen LogP contribution >= 0.6 is 0 Å². The SMILES string of the molecule is Cc1ccc(N)cc1C(=O)Nc1cnn(CC(=O)NC2CC2)c1. The number of nitrogens with one attached hydrogen (secondary N) is 2. The Morgan fingerprint density at radius 2 is 2.17 bits per heavy atom. The lowest BCUT2D eigenvalue weighted by molar-refractivity contribution is -0.122. The van der Waals surface area contributed by atoms with Gasteiger partial charge in [0.25, 0.3) is 5.91 Å². The zero-order chi connectivity index (χ0) is 16.4. The van der Waals surface area contributed by atoms with Crippen LogP contribution in [-0.4, -0.2) is 27.6 Å². The fourth-order valence-electron chi connectivity index (χ4n) is 2.25. The van der Waals surface area contributed by atoms with Crippen molar-refractivity contribution in [3.05, 3.63) is 41.7 Å². The highest BCUT2D eigenvalue weighted by atomic mass is 16.2. The van der Waals surface area contributed by atoms with Gasteiger partial charge in [-0.3, -0.25) is 14.3 Å². The molecule has 1 aromatic heterocycles. The Kier molecular flexibility index (Phi) is 4.01. The third kappa shape index (κ3) is 3.88. The fourth-order valence-corrected chi connectivity index (χ4v) is 2.25. The number of aryl methyl sites for hydroxylation is 1. The van der Waals surface area contributed by atoms with E-state index >= 15 is 0 Å². The van der Waals surface area contributed by atoms with E-state index in [1.165, 1.54) is 10.9 Å². The fraction of sp³-hybridized carbons (Fsp3) is 0.312. The summed E-state index contributed by atoms with van der Waals surface area (Å²) < 4.78 is 1.50. The number of nitrogens with two attached hydrogens (primary N) is 1. The molecule has 7 nitrogen and oxygen atoms in total. The molecule has 1 aromatic carbocycles. The Morgan fingerprint density at radius 1 is 1.39 bits per heavy atom. The summed E-state index contributed by atoms with van der Waals surface area (Å²) in [5.41, 5.74) is 8.15. The minimum atomic E-state index is -0.253. The Labute approximate surface area is 133 Å². The molecule has 1 aliphatic rings. The number of hydrogen-bond acceptors (Lipinski definition) is 4. The predicted molar refractivity (Wildman–Crippen MR) is 86.9 cm³/mol. The number of hydrogen-bond donors (Lipinski definition) is 3. The van der Waals surface area contributed by atoms with Gasteiger partial charge in [-0.2, -0.15) is 5.10 Å². The Hall–Kier alpha value is -2.83. The van der Waals surface area contributed by atoms with Crippen molar-refractivity contribution in [2.24, 2.45) is 0 Å². The molecule has 2 aromatic rings. The van der Waals surface area contributed by atoms with Gasteiger partial charge in [0.2, 0.25) is 5.91 Å². The molecule has 0 saturated heterocycles. The van der Waals surface area contributed by atoms with Crippen LogP contribution in [-0.2, 0) is 11.3 Å². The van der Waals surface area contributed by atoms with Crippen LogP contribution in [0, 0.1) is 6.92 Å². The van der Waals surface area contributed by atoms with Gasteiger partial charge in [0.05, 0.1) is 11.9 Å². The second kappa shape index (κ2) is 6.12. The van der Waals surface area contributed by atoms with Crippen LogP contribution in [0.25, 0.3) is 0 Å². The van der Waals surface area contributed by atoms with Crippen LogP contribution in [0.4, 0.5) is 11.4 Å². The molecule has 3 rings (SSSR count). The average molecular weight is 313 g/mol. The molecule has 4 N–H and O–H groups in total. The summed E-state index contributed by atoms with van der Waals surface area (Å²) in [5.74, 6) is -0.322. The predicted octanol–water partition coefficient (Wildman–Crippen LogP) is 1.30. The molecular formula is C16H19N5O2. The van der Waals surface area contributed by atoms with Crippen molar-refractivity contribution in [3.63, 3.8) is 0 Å². The molecule has 1 aliphatic carbocycles. The summed E-state index contributed by atoms with van der Waals surface area (Å²) in [6.45, 7) is 1.99. The van der Waals surface area contributed by atoms with Crippen molar-refractivity contribution in [1.82, 2.24) is 15.1 Å². The van der Waals surface area contributed by atoms with Crippen LogP contribution < -0.4 is 16.4 Å². The summed E-state index contributed by atoms with van der Waals surface area (Å²) in [6, 6.07) is 5.51. The van der Waals surface area contributed by atoms with E-state index in [1.54, 1.807) is 24.4 Å². The van der Waals surface area contributed by atoms with E-state index in [4.69, 9.17) is 5.73 Å². The minimum absolute atomic E-state index is 0.0693. The largest absolute Gasteiger partial charge is 0.399 e. The lowest BCUT2D eigenvalue weighted by atomic mass is 10.1. The molecule has 1 saturated carbocycles. The number of rotatable bonds is 5. The van der Waals surface area contributed by atoms with Crippen LogP contribution in [0.15, 0.2) is 30.6 Å². The second-order valence-electron chi connectivity index (χ2n) is 5.80. The second-order valence-corrected chi connectivity index (χ2v) is 5.80. The number of anilines is 2. The van der Waals surface area contributed by atoms with E-state index in [0.29, 0.717) is 23.0 Å². The van der Waals surface area contributed by atoms with E-state index < -0.39 is 0 Å². The van der Waals surface area contributed by atoms with Gasteiger partial charge in [-0.1, -0.05) is 6.07 Å². The first-order valence-electron chi connectivity index (χ1n) is 7.50. The maximum absolute atomic E-state index is 12.3. The Morgan fingerprint density at radius 3 is 2.91 bits per heavy atom. The van der Waals surface area contributed by atoms with Gasteiger partial charge in [0, 0.05) is 23.5 Å². The van der Waals surface area contributed by atoms with Crippen LogP contribution in [0.1, 0.15) is 28.8 Å². The van der Waals surface area contributed by atoms with E-state index in [2.05, 4.69) is 15.7 Å². The van der Waals surface area contributed by atoms with Crippen molar-refractivity contribution in [2.45, 2.75) is 32.4 Å². The number of benzene rings is 1. The normalized spacial score (nSPS) is 13.6. The molecular weight excluding hydrogens is 294 g/mol. The first kappa shape index (κ1) is 15.1. The van der Waals surface area contributed by atoms with E-state index in [-0.39, 0.29) is 18.4 Å². The highest BCUT2D eigenvalue weighted by Crippen LogP contribution is 2.18. The van der Waals surface area contributed by atoms with Crippen molar-refractivity contribution in [1.29, 1.82) is 0 Å². The summed E-state index contributed by atoms with van der Waals surface area (Å²) in [7, 11) is 0. The zero-order valence-corrected chi connectivity index (χ0v) is 12.9. The average Bonchev–Trinajstić information content (AvgIpc) is 3.20. The van der Waals surface area contributed by atoms with Crippen LogP contribution in [0.5, 0.6) is 0 Å². The highest BCUT2D eigenvalue weighted by Gasteiger charge is 2.23. The van der Waals surface area contributed by atoms with Gasteiger partial charge in [-0.05, 0) is 37.5 Å². The number of amides is 2. The topological polar surface area (TPSA) is 102 Å². The van der Waals surface area contributed by atoms with Crippen molar-refractivity contribution in [3.8, 4) is 0 Å². The van der Waals surface area contributed by atoms with Crippen LogP contribution in [0.3, 0.4) is 0 Å². The molecule has 0 bridgehead atoms. The molecule has 1 fully saturated rings. The Bertz CT molecular complexity index is 749. The molecule has 0 aliphatic heterocycles. The molecule has 23 heavy (non-hydrogen) atoms. The summed E-state index contributed by atoms with van der Waals surface area (Å²) >= 11 is 0. The summed E-state index contributed by atoms with van der Waals surface area (Å²) in [6.07, 6.45) is 5.24. The molecule has 2 amide bonds. The van der Waals surface area contributed by atoms with Crippen molar-refractivity contribution < 1.29 is 9.59 Å². The zero-order valence-electron chi connectivity index (χ0n) is 12.9. The molecule has 0 spiro atoms. The van der Waals surface area contributed by atoms with Gasteiger partial charge in [0.1, 0.15) is 6.54 Å². The number of carbonyl (C=O) groups excluding carboxylic acids is 2. The maximum Gasteiger partial charge on any atom is 0.256 e. The smallest absolute Gasteiger partial charge is 0.256 e. The first-order chi connectivity index (χ1) is 11.0. The molecule has 7 heteroatoms. The van der Waals surface area contributed by atoms with Gasteiger partial charge in [-0.25, -0.2) is 0 Å². The van der Waals surface area contributed by atoms with Gasteiger partial charge < -0.3 is 16.4 Å². The standard InChI is InChI=1S/C16H19N5O2/c1-10-2-3-11(17)6-14(10)16(23)20-13-7-18-21(8-13)9-15(22)19-12-4-5-12/h2-3,6-8,12H,4-5,9,17H2,1H3,(H,19,22)(H,20,23). The van der Waals surface area contributed by atoms with Gasteiger partial charge in [-0.15, -0.1) is 0 Å². The monoisotopic (exact) mass is 313 g/mol. The molecule has 120 valence electrons.